The molecule has 3 aromatic rings. The fourth-order valence-corrected chi connectivity index (χ4v) is 2.83. The number of aryl methyl sites for hydroxylation is 1. The van der Waals surface area contributed by atoms with Gasteiger partial charge in [0.2, 0.25) is 11.8 Å². The number of benzene rings is 1. The van der Waals surface area contributed by atoms with Crippen molar-refractivity contribution in [1.82, 2.24) is 25.0 Å². The molecule has 10 heteroatoms. The van der Waals surface area contributed by atoms with Crippen LogP contribution < -0.4 is 0 Å². The lowest BCUT2D eigenvalue weighted by molar-refractivity contribution is -0.384. The Bertz CT molecular complexity index is 873. The van der Waals surface area contributed by atoms with Gasteiger partial charge in [-0.3, -0.25) is 10.1 Å². The predicted molar refractivity (Wildman–Crippen MR) is 86.4 cm³/mol. The molecular formula is C14H14N6O3S. The molecule has 2 aromatic heterocycles. The highest BCUT2D eigenvalue weighted by Crippen LogP contribution is 2.34. The molecule has 0 saturated carbocycles. The van der Waals surface area contributed by atoms with E-state index in [0.717, 1.165) is 11.0 Å². The summed E-state index contributed by atoms with van der Waals surface area (Å²) in [6.07, 6.45) is 0. The molecule has 9 nitrogen and oxygen atoms in total. The van der Waals surface area contributed by atoms with E-state index in [1.807, 2.05) is 25.5 Å². The van der Waals surface area contributed by atoms with Gasteiger partial charge in [0, 0.05) is 24.7 Å². The highest BCUT2D eigenvalue weighted by Gasteiger charge is 2.19. The molecule has 24 heavy (non-hydrogen) atoms. The second kappa shape index (κ2) is 6.40. The summed E-state index contributed by atoms with van der Waals surface area (Å²) in [7, 11) is 1.89. The number of thioether (sulfide) groups is 1. The molecule has 0 spiro atoms. The van der Waals surface area contributed by atoms with Crippen molar-refractivity contribution in [2.45, 2.75) is 24.3 Å². The Kier molecular flexibility index (Phi) is 4.30. The van der Waals surface area contributed by atoms with Crippen molar-refractivity contribution >= 4 is 17.4 Å². The summed E-state index contributed by atoms with van der Waals surface area (Å²) >= 11 is 1.46. The van der Waals surface area contributed by atoms with Gasteiger partial charge in [-0.2, -0.15) is 0 Å². The van der Waals surface area contributed by atoms with Crippen LogP contribution in [0.15, 0.2) is 33.8 Å². The zero-order chi connectivity index (χ0) is 17.3. The monoisotopic (exact) mass is 346 g/mol. The Morgan fingerprint density at radius 3 is 2.50 bits per heavy atom. The number of nitro benzene ring substituents is 1. The average molecular weight is 346 g/mol. The van der Waals surface area contributed by atoms with Gasteiger partial charge in [-0.15, -0.1) is 20.4 Å². The Morgan fingerprint density at radius 1 is 1.21 bits per heavy atom. The summed E-state index contributed by atoms with van der Waals surface area (Å²) < 4.78 is 7.56. The molecule has 124 valence electrons. The van der Waals surface area contributed by atoms with Crippen molar-refractivity contribution in [3.63, 3.8) is 0 Å². The van der Waals surface area contributed by atoms with Crippen LogP contribution in [-0.4, -0.2) is 29.9 Å². The van der Waals surface area contributed by atoms with Crippen LogP contribution in [0.3, 0.4) is 0 Å². The van der Waals surface area contributed by atoms with Gasteiger partial charge in [-0.1, -0.05) is 11.8 Å². The van der Waals surface area contributed by atoms with E-state index in [4.69, 9.17) is 4.42 Å². The zero-order valence-electron chi connectivity index (χ0n) is 13.2. The molecule has 0 aliphatic rings. The van der Waals surface area contributed by atoms with E-state index in [1.165, 1.54) is 23.9 Å². The van der Waals surface area contributed by atoms with Crippen LogP contribution >= 0.6 is 11.8 Å². The lowest BCUT2D eigenvalue weighted by Crippen LogP contribution is -1.96. The molecular weight excluding hydrogens is 332 g/mol. The first-order valence-electron chi connectivity index (χ1n) is 7.06. The fraction of sp³-hybridized carbons (Fsp3) is 0.286. The lowest BCUT2D eigenvalue weighted by atomic mass is 10.2. The van der Waals surface area contributed by atoms with E-state index in [1.54, 1.807) is 12.1 Å². The third-order valence-electron chi connectivity index (χ3n) is 3.45. The maximum absolute atomic E-state index is 10.7. The highest BCUT2D eigenvalue weighted by atomic mass is 32.2. The van der Waals surface area contributed by atoms with Gasteiger partial charge in [0.25, 0.3) is 5.69 Å². The van der Waals surface area contributed by atoms with Crippen molar-refractivity contribution in [3.05, 3.63) is 46.1 Å². The molecule has 0 saturated heterocycles. The van der Waals surface area contributed by atoms with E-state index in [-0.39, 0.29) is 10.9 Å². The maximum atomic E-state index is 10.7. The number of hydrogen-bond acceptors (Lipinski definition) is 8. The molecule has 3 rings (SSSR count). The molecule has 0 fully saturated rings. The van der Waals surface area contributed by atoms with Gasteiger partial charge >= 0.3 is 0 Å². The first-order valence-corrected chi connectivity index (χ1v) is 7.94. The summed E-state index contributed by atoms with van der Waals surface area (Å²) in [5.41, 5.74) is 0.645. The second-order valence-electron chi connectivity index (χ2n) is 5.10. The summed E-state index contributed by atoms with van der Waals surface area (Å²) in [6, 6.07) is 5.97. The van der Waals surface area contributed by atoms with Gasteiger partial charge in [0.15, 0.2) is 5.16 Å². The summed E-state index contributed by atoms with van der Waals surface area (Å²) in [5, 5.41) is 27.5. The molecule has 2 heterocycles. The van der Waals surface area contributed by atoms with E-state index < -0.39 is 4.92 Å². The summed E-state index contributed by atoms with van der Waals surface area (Å²) in [4.78, 5) is 10.2. The Labute approximate surface area is 141 Å². The molecule has 0 bridgehead atoms. The van der Waals surface area contributed by atoms with Crippen molar-refractivity contribution in [2.24, 2.45) is 7.05 Å². The molecule has 1 atom stereocenters. The predicted octanol–water partition coefficient (Wildman–Crippen LogP) is 2.94. The van der Waals surface area contributed by atoms with Gasteiger partial charge in [0.1, 0.15) is 5.82 Å². The quantitative estimate of drug-likeness (QED) is 0.393. The number of aromatic nitrogens is 5. The van der Waals surface area contributed by atoms with Crippen LogP contribution in [0.2, 0.25) is 0 Å². The van der Waals surface area contributed by atoms with Gasteiger partial charge in [0.05, 0.1) is 10.2 Å². The van der Waals surface area contributed by atoms with Gasteiger partial charge in [-0.05, 0) is 26.0 Å². The summed E-state index contributed by atoms with van der Waals surface area (Å²) in [6.45, 7) is 3.81. The highest BCUT2D eigenvalue weighted by molar-refractivity contribution is 7.99. The minimum absolute atomic E-state index is 0.0139. The zero-order valence-corrected chi connectivity index (χ0v) is 14.0. The van der Waals surface area contributed by atoms with Crippen molar-refractivity contribution in [2.75, 3.05) is 0 Å². The topological polar surface area (TPSA) is 113 Å². The third-order valence-corrected chi connectivity index (χ3v) is 4.57. The average Bonchev–Trinajstić information content (AvgIpc) is 3.18. The molecule has 0 unspecified atom stereocenters. The first kappa shape index (κ1) is 16.1. The van der Waals surface area contributed by atoms with Crippen LogP contribution in [0.25, 0.3) is 11.5 Å². The number of hydrogen-bond donors (Lipinski definition) is 0. The van der Waals surface area contributed by atoms with Crippen LogP contribution in [0.5, 0.6) is 0 Å². The maximum Gasteiger partial charge on any atom is 0.269 e. The molecule has 0 aliphatic carbocycles. The minimum Gasteiger partial charge on any atom is -0.419 e. The van der Waals surface area contributed by atoms with Crippen LogP contribution in [0.4, 0.5) is 5.69 Å². The number of nitro groups is 1. The lowest BCUT2D eigenvalue weighted by Gasteiger charge is -2.05. The smallest absolute Gasteiger partial charge is 0.269 e. The number of rotatable bonds is 5. The largest absolute Gasteiger partial charge is 0.419 e. The normalized spacial score (nSPS) is 12.3. The minimum atomic E-state index is -0.454. The van der Waals surface area contributed by atoms with Crippen LogP contribution in [-0.2, 0) is 7.05 Å². The molecule has 0 radical (unpaired) electrons. The summed E-state index contributed by atoms with van der Waals surface area (Å²) in [5.74, 6) is 1.59. The Morgan fingerprint density at radius 2 is 1.92 bits per heavy atom. The van der Waals surface area contributed by atoms with Crippen molar-refractivity contribution in [1.29, 1.82) is 0 Å². The van der Waals surface area contributed by atoms with Crippen LogP contribution in [0, 0.1) is 17.0 Å². The van der Waals surface area contributed by atoms with Gasteiger partial charge < -0.3 is 8.98 Å². The Hall–Kier alpha value is -2.75. The first-order chi connectivity index (χ1) is 11.5. The van der Waals surface area contributed by atoms with E-state index in [9.17, 15) is 10.1 Å². The fourth-order valence-electron chi connectivity index (χ4n) is 1.94. The van der Waals surface area contributed by atoms with E-state index in [0.29, 0.717) is 17.3 Å². The molecule has 1 aromatic carbocycles. The molecule has 0 amide bonds. The van der Waals surface area contributed by atoms with Crippen molar-refractivity contribution < 1.29 is 9.34 Å². The molecule has 0 N–H and O–H groups in total. The van der Waals surface area contributed by atoms with Gasteiger partial charge in [-0.25, -0.2) is 0 Å². The van der Waals surface area contributed by atoms with Crippen LogP contribution in [0.1, 0.15) is 23.9 Å². The van der Waals surface area contributed by atoms with E-state index in [2.05, 4.69) is 20.4 Å². The van der Waals surface area contributed by atoms with Crippen molar-refractivity contribution in [3.8, 4) is 11.5 Å². The molecule has 0 aliphatic heterocycles. The standard InChI is InChI=1S/C14H14N6O3S/c1-8(24-14-18-15-9(2)19(14)3)12-16-17-13(23-12)10-4-6-11(7-5-10)20(21)22/h4-8H,1-3H3/t8-/m0/s1. The van der Waals surface area contributed by atoms with E-state index >= 15 is 0 Å². The Balaban J connectivity index is 1.77. The second-order valence-corrected chi connectivity index (χ2v) is 6.41. The SMILES string of the molecule is Cc1nnc(S[C@@H](C)c2nnc(-c3ccc([N+](=O)[O-])cc3)o2)n1C. The number of non-ortho nitro benzene ring substituents is 1. The number of nitrogens with zero attached hydrogens (tertiary/aromatic N) is 6. The third kappa shape index (κ3) is 3.13.